The Hall–Kier alpha value is -1.36. The highest BCUT2D eigenvalue weighted by Gasteiger charge is 2.28. The summed E-state index contributed by atoms with van der Waals surface area (Å²) in [6.07, 6.45) is 2.52. The molecule has 1 saturated carbocycles. The van der Waals surface area contributed by atoms with E-state index >= 15 is 0 Å². The van der Waals surface area contributed by atoms with E-state index in [2.05, 4.69) is 39.2 Å². The van der Waals surface area contributed by atoms with Gasteiger partial charge in [0.1, 0.15) is 11.5 Å². The van der Waals surface area contributed by atoms with E-state index in [1.54, 1.807) is 12.1 Å². The number of alkyl halides is 2. The minimum Gasteiger partial charge on any atom is -0.497 e. The van der Waals surface area contributed by atoms with Crippen LogP contribution in [0.15, 0.2) is 23.2 Å². The van der Waals surface area contributed by atoms with Crippen LogP contribution in [0.4, 0.5) is 8.78 Å². The van der Waals surface area contributed by atoms with E-state index < -0.39 is 6.61 Å². The number of halogens is 3. The molecule has 0 aliphatic heterocycles. The molecule has 0 bridgehead atoms. The summed E-state index contributed by atoms with van der Waals surface area (Å²) >= 11 is 0. The largest absolute Gasteiger partial charge is 0.497 e. The molecular formula is C19H31F2IN4O2. The van der Waals surface area contributed by atoms with E-state index in [4.69, 9.17) is 4.74 Å². The van der Waals surface area contributed by atoms with E-state index in [1.807, 2.05) is 6.92 Å². The highest BCUT2D eigenvalue weighted by Crippen LogP contribution is 2.27. The fourth-order valence-corrected chi connectivity index (χ4v) is 2.75. The van der Waals surface area contributed by atoms with E-state index in [9.17, 15) is 8.78 Å². The van der Waals surface area contributed by atoms with Crippen LogP contribution in [0.2, 0.25) is 0 Å². The van der Waals surface area contributed by atoms with Gasteiger partial charge in [-0.05, 0) is 51.9 Å². The lowest BCUT2D eigenvalue weighted by Gasteiger charge is -2.25. The van der Waals surface area contributed by atoms with Crippen LogP contribution in [-0.2, 0) is 6.54 Å². The van der Waals surface area contributed by atoms with Gasteiger partial charge < -0.3 is 20.1 Å². The van der Waals surface area contributed by atoms with Gasteiger partial charge in [-0.2, -0.15) is 8.78 Å². The molecule has 0 amide bonds. The van der Waals surface area contributed by atoms with E-state index in [0.29, 0.717) is 35.9 Å². The standard InChI is InChI=1S/C19H30F2N4O2.HI/c1-5-22-19(23-11-13(2)25(3)15-6-7-15)24-12-14-10-16(26-4)8-9-17(14)27-18(20)21;/h8-10,13,15,18H,5-7,11-12H2,1-4H3,(H2,22,23,24);1H. The molecule has 1 fully saturated rings. The van der Waals surface area contributed by atoms with Gasteiger partial charge in [-0.1, -0.05) is 0 Å². The van der Waals surface area contributed by atoms with Gasteiger partial charge in [0, 0.05) is 30.7 Å². The number of aliphatic imine (C=N–C) groups is 1. The molecule has 0 aromatic heterocycles. The summed E-state index contributed by atoms with van der Waals surface area (Å²) in [5, 5.41) is 6.50. The zero-order chi connectivity index (χ0) is 19.8. The Balaban J connectivity index is 0.00000392. The lowest BCUT2D eigenvalue weighted by molar-refractivity contribution is -0.0504. The molecule has 0 spiro atoms. The molecule has 1 aliphatic rings. The zero-order valence-corrected chi connectivity index (χ0v) is 19.2. The molecule has 1 aromatic carbocycles. The number of methoxy groups -OCH3 is 1. The maximum atomic E-state index is 12.6. The lowest BCUT2D eigenvalue weighted by atomic mass is 10.2. The second-order valence-corrected chi connectivity index (χ2v) is 6.67. The maximum absolute atomic E-state index is 12.6. The first kappa shape index (κ1) is 24.7. The number of hydrogen-bond acceptors (Lipinski definition) is 4. The summed E-state index contributed by atoms with van der Waals surface area (Å²) in [4.78, 5) is 6.88. The molecule has 160 valence electrons. The topological polar surface area (TPSA) is 58.1 Å². The van der Waals surface area contributed by atoms with E-state index in [0.717, 1.165) is 6.54 Å². The minimum absolute atomic E-state index is 0. The first-order chi connectivity index (χ1) is 12.9. The molecule has 0 heterocycles. The van der Waals surface area contributed by atoms with Crippen molar-refractivity contribution in [1.29, 1.82) is 0 Å². The monoisotopic (exact) mass is 512 g/mol. The van der Waals surface area contributed by atoms with Gasteiger partial charge in [0.05, 0.1) is 13.7 Å². The van der Waals surface area contributed by atoms with Crippen molar-refractivity contribution in [3.8, 4) is 11.5 Å². The highest BCUT2D eigenvalue weighted by atomic mass is 127. The maximum Gasteiger partial charge on any atom is 0.387 e. The average molecular weight is 512 g/mol. The van der Waals surface area contributed by atoms with E-state index in [1.165, 1.54) is 26.0 Å². The number of guanidine groups is 1. The van der Waals surface area contributed by atoms with Gasteiger partial charge in [-0.15, -0.1) is 24.0 Å². The van der Waals surface area contributed by atoms with Crippen LogP contribution < -0.4 is 20.1 Å². The summed E-state index contributed by atoms with van der Waals surface area (Å²) in [6.45, 7) is 2.92. The van der Waals surface area contributed by atoms with Crippen molar-refractivity contribution in [3.05, 3.63) is 23.8 Å². The number of ether oxygens (including phenoxy) is 2. The second-order valence-electron chi connectivity index (χ2n) is 6.67. The first-order valence-corrected chi connectivity index (χ1v) is 9.30. The molecule has 2 N–H and O–H groups in total. The van der Waals surface area contributed by atoms with Gasteiger partial charge in [-0.25, -0.2) is 4.99 Å². The molecule has 6 nitrogen and oxygen atoms in total. The molecule has 1 aliphatic carbocycles. The molecule has 0 radical (unpaired) electrons. The van der Waals surface area contributed by atoms with Crippen LogP contribution in [0, 0.1) is 0 Å². The molecule has 9 heteroatoms. The predicted molar refractivity (Wildman–Crippen MR) is 118 cm³/mol. The SMILES string of the molecule is CCNC(=NCc1cc(OC)ccc1OC(F)F)NCC(C)N(C)C1CC1.I. The number of hydrogen-bond donors (Lipinski definition) is 2. The van der Waals surface area contributed by atoms with Crippen molar-refractivity contribution in [2.24, 2.45) is 4.99 Å². The molecule has 2 rings (SSSR count). The van der Waals surface area contributed by atoms with Crippen LogP contribution >= 0.6 is 24.0 Å². The number of rotatable bonds is 10. The fourth-order valence-electron chi connectivity index (χ4n) is 2.75. The van der Waals surface area contributed by atoms with Gasteiger partial charge in [0.15, 0.2) is 5.96 Å². The zero-order valence-electron chi connectivity index (χ0n) is 16.9. The number of nitrogens with one attached hydrogen (secondary N) is 2. The molecule has 1 atom stereocenters. The number of likely N-dealkylation sites (N-methyl/N-ethyl adjacent to an activating group) is 1. The molecule has 0 saturated heterocycles. The average Bonchev–Trinajstić information content (AvgIpc) is 3.48. The van der Waals surface area contributed by atoms with Crippen LogP contribution in [0.25, 0.3) is 0 Å². The van der Waals surface area contributed by atoms with Gasteiger partial charge in [0.2, 0.25) is 0 Å². The van der Waals surface area contributed by atoms with Crippen molar-refractivity contribution < 1.29 is 18.3 Å². The summed E-state index contributed by atoms with van der Waals surface area (Å²) in [5.41, 5.74) is 0.537. The molecule has 1 aromatic rings. The summed E-state index contributed by atoms with van der Waals surface area (Å²) in [5.74, 6) is 1.31. The Morgan fingerprint density at radius 3 is 2.61 bits per heavy atom. The van der Waals surface area contributed by atoms with Gasteiger partial charge >= 0.3 is 6.61 Å². The quantitative estimate of drug-likeness (QED) is 0.286. The van der Waals surface area contributed by atoms with Crippen molar-refractivity contribution in [2.45, 2.75) is 51.9 Å². The van der Waals surface area contributed by atoms with Gasteiger partial charge in [0.25, 0.3) is 0 Å². The smallest absolute Gasteiger partial charge is 0.387 e. The van der Waals surface area contributed by atoms with Crippen LogP contribution in [0.3, 0.4) is 0 Å². The van der Waals surface area contributed by atoms with Crippen LogP contribution in [0.5, 0.6) is 11.5 Å². The summed E-state index contributed by atoms with van der Waals surface area (Å²) < 4.78 is 35.0. The third-order valence-corrected chi connectivity index (χ3v) is 4.62. The Morgan fingerprint density at radius 1 is 1.32 bits per heavy atom. The normalized spacial score (nSPS) is 15.2. The van der Waals surface area contributed by atoms with Crippen LogP contribution in [-0.4, -0.2) is 56.8 Å². The molecule has 1 unspecified atom stereocenters. The van der Waals surface area contributed by atoms with Crippen molar-refractivity contribution >= 4 is 29.9 Å². The predicted octanol–water partition coefficient (Wildman–Crippen LogP) is 3.45. The van der Waals surface area contributed by atoms with Crippen molar-refractivity contribution in [2.75, 3.05) is 27.2 Å². The Kier molecular flexibility index (Phi) is 10.8. The van der Waals surface area contributed by atoms with Gasteiger partial charge in [-0.3, -0.25) is 4.90 Å². The Bertz CT molecular complexity index is 630. The van der Waals surface area contributed by atoms with E-state index in [-0.39, 0.29) is 36.3 Å². The first-order valence-electron chi connectivity index (χ1n) is 9.30. The Labute approximate surface area is 183 Å². The number of nitrogens with zero attached hydrogens (tertiary/aromatic N) is 2. The highest BCUT2D eigenvalue weighted by molar-refractivity contribution is 14.0. The minimum atomic E-state index is -2.88. The van der Waals surface area contributed by atoms with Crippen molar-refractivity contribution in [1.82, 2.24) is 15.5 Å². The second kappa shape index (κ2) is 12.3. The van der Waals surface area contributed by atoms with Crippen LogP contribution in [0.1, 0.15) is 32.3 Å². The molecular weight excluding hydrogens is 481 g/mol. The molecule has 28 heavy (non-hydrogen) atoms. The lowest BCUT2D eigenvalue weighted by Crippen LogP contribution is -2.45. The number of benzene rings is 1. The van der Waals surface area contributed by atoms with Crippen molar-refractivity contribution in [3.63, 3.8) is 0 Å². The third kappa shape index (κ3) is 7.94. The Morgan fingerprint density at radius 2 is 2.04 bits per heavy atom. The fraction of sp³-hybridized carbons (Fsp3) is 0.632. The summed E-state index contributed by atoms with van der Waals surface area (Å²) in [7, 11) is 3.66. The summed E-state index contributed by atoms with van der Waals surface area (Å²) in [6, 6.07) is 5.78. The third-order valence-electron chi connectivity index (χ3n) is 4.62.